The molecule has 0 bridgehead atoms. The number of amides is 2. The van der Waals surface area contributed by atoms with Crippen LogP contribution >= 0.6 is 0 Å². The van der Waals surface area contributed by atoms with Crippen molar-refractivity contribution in [1.82, 2.24) is 28.5 Å². The first-order chi connectivity index (χ1) is 28.5. The quantitative estimate of drug-likeness (QED) is 0.161. The molecule has 2 N–H and O–H groups in total. The lowest BCUT2D eigenvalue weighted by atomic mass is 9.53. The molecule has 0 spiro atoms. The van der Waals surface area contributed by atoms with E-state index < -0.39 is 52.0 Å². The fourth-order valence-corrected chi connectivity index (χ4v) is 9.42. The summed E-state index contributed by atoms with van der Waals surface area (Å²) in [6.07, 6.45) is 1.86. The minimum absolute atomic E-state index is 0.00282. The normalized spacial score (nSPS) is 20.8. The van der Waals surface area contributed by atoms with E-state index in [1.54, 1.807) is 43.4 Å². The molecule has 4 atom stereocenters. The Kier molecular flexibility index (Phi) is 8.90. The molecule has 9 rings (SSSR count). The summed E-state index contributed by atoms with van der Waals surface area (Å²) in [7, 11) is 4.61. The van der Waals surface area contributed by atoms with Crippen molar-refractivity contribution in [3.05, 3.63) is 156 Å². The lowest BCUT2D eigenvalue weighted by Crippen LogP contribution is -2.53. The van der Waals surface area contributed by atoms with Crippen LogP contribution in [0.1, 0.15) is 40.8 Å². The monoisotopic (exact) mass is 795 g/mol. The summed E-state index contributed by atoms with van der Waals surface area (Å²) in [5.74, 6) is -1.95. The second-order valence-corrected chi connectivity index (χ2v) is 15.2. The highest BCUT2D eigenvalue weighted by Gasteiger charge is 2.68. The number of fused-ring (bicyclic) bond motifs is 5. The molecule has 300 valence electrons. The molecule has 1 aliphatic carbocycles. The van der Waals surface area contributed by atoms with Gasteiger partial charge in [0.15, 0.2) is 11.5 Å². The van der Waals surface area contributed by atoms with Crippen LogP contribution in [0.3, 0.4) is 0 Å². The second kappa shape index (κ2) is 14.0. The van der Waals surface area contributed by atoms with E-state index >= 15 is 4.79 Å². The van der Waals surface area contributed by atoms with Gasteiger partial charge in [-0.1, -0.05) is 66.2 Å². The number of hydrazine groups is 1. The van der Waals surface area contributed by atoms with E-state index in [4.69, 9.17) is 9.47 Å². The fourth-order valence-electron chi connectivity index (χ4n) is 9.42. The maximum absolute atomic E-state index is 15.3. The predicted molar refractivity (Wildman–Crippen MR) is 218 cm³/mol. The van der Waals surface area contributed by atoms with Crippen LogP contribution in [0.15, 0.2) is 117 Å². The third kappa shape index (κ3) is 5.62. The smallest absolute Gasteiger partial charge is 0.347 e. The Morgan fingerprint density at radius 1 is 0.881 bits per heavy atom. The van der Waals surface area contributed by atoms with Crippen LogP contribution in [0.25, 0.3) is 11.0 Å². The number of hydrogen-bond donors (Lipinski definition) is 2. The summed E-state index contributed by atoms with van der Waals surface area (Å²) >= 11 is 0. The third-order valence-electron chi connectivity index (χ3n) is 12.2. The molecular formula is C44H41N7O8. The molecule has 0 radical (unpaired) electrons. The molecule has 1 saturated carbocycles. The molecule has 2 aliphatic heterocycles. The summed E-state index contributed by atoms with van der Waals surface area (Å²) in [6.45, 7) is 1.80. The van der Waals surface area contributed by atoms with Gasteiger partial charge in [0.2, 0.25) is 0 Å². The number of ether oxygens (including phenoxy) is 2. The third-order valence-corrected chi connectivity index (χ3v) is 12.2. The van der Waals surface area contributed by atoms with Gasteiger partial charge in [-0.05, 0) is 54.3 Å². The van der Waals surface area contributed by atoms with Gasteiger partial charge in [-0.25, -0.2) is 28.5 Å². The highest BCUT2D eigenvalue weighted by Crippen LogP contribution is 2.62. The highest BCUT2D eigenvalue weighted by atomic mass is 16.5. The van der Waals surface area contributed by atoms with Gasteiger partial charge < -0.3 is 19.1 Å². The van der Waals surface area contributed by atoms with Crippen molar-refractivity contribution in [3.8, 4) is 17.2 Å². The standard InChI is InChI=1S/C44H41N7O8/c1-25-13-15-28(16-14-25)46-50-39(53)31-22-34-30(38(26-9-8-12-29(52)21-26)44(31,41(50)55)27-10-6-5-7-11-27)17-20-49-42(56)48(43(57)51(34)49)19-18-32-40(54)47(2)35-24-37(59-4)36(58-3)23-33(35)45-32/h5-17,21,23-24,31,34,38,46,52H,18-20,22H2,1-4H3. The zero-order valence-electron chi connectivity index (χ0n) is 32.8. The molecule has 3 aliphatic rings. The van der Waals surface area contributed by atoms with E-state index in [0.717, 1.165) is 15.1 Å². The van der Waals surface area contributed by atoms with Crippen LogP contribution in [-0.2, 0) is 41.6 Å². The first-order valence-electron chi connectivity index (χ1n) is 19.3. The largest absolute Gasteiger partial charge is 0.508 e. The lowest BCUT2D eigenvalue weighted by molar-refractivity contribution is -0.138. The van der Waals surface area contributed by atoms with Gasteiger partial charge in [-0.2, -0.15) is 5.01 Å². The Morgan fingerprint density at radius 3 is 2.32 bits per heavy atom. The first-order valence-corrected chi connectivity index (χ1v) is 19.3. The highest BCUT2D eigenvalue weighted by molar-refractivity contribution is 6.12. The van der Waals surface area contributed by atoms with E-state index in [9.17, 15) is 24.3 Å². The van der Waals surface area contributed by atoms with Crippen molar-refractivity contribution >= 4 is 28.5 Å². The van der Waals surface area contributed by atoms with Gasteiger partial charge in [0.25, 0.3) is 17.4 Å². The summed E-state index contributed by atoms with van der Waals surface area (Å²) in [4.78, 5) is 76.9. The topological polar surface area (TPSA) is 172 Å². The molecule has 59 heavy (non-hydrogen) atoms. The van der Waals surface area contributed by atoms with Crippen molar-refractivity contribution in [2.75, 3.05) is 19.6 Å². The number of aryl methyl sites for hydroxylation is 3. The summed E-state index contributed by atoms with van der Waals surface area (Å²) < 4.78 is 16.1. The van der Waals surface area contributed by atoms with Crippen LogP contribution in [0, 0.1) is 12.8 Å². The van der Waals surface area contributed by atoms with Crippen LogP contribution in [0.4, 0.5) is 5.69 Å². The van der Waals surface area contributed by atoms with Gasteiger partial charge in [-0.3, -0.25) is 19.8 Å². The molecule has 2 fully saturated rings. The Hall–Kier alpha value is -7.16. The number of methoxy groups -OCH3 is 2. The Labute approximate surface area is 336 Å². The predicted octanol–water partition coefficient (Wildman–Crippen LogP) is 3.95. The number of hydrogen-bond acceptors (Lipinski definition) is 10. The van der Waals surface area contributed by atoms with Crippen molar-refractivity contribution in [1.29, 1.82) is 0 Å². The lowest BCUT2D eigenvalue weighted by Gasteiger charge is -2.49. The molecule has 4 unspecified atom stereocenters. The number of aromatic hydroxyl groups is 1. The number of rotatable bonds is 9. The second-order valence-electron chi connectivity index (χ2n) is 15.2. The van der Waals surface area contributed by atoms with Crippen LogP contribution in [0.2, 0.25) is 0 Å². The number of allylic oxidation sites excluding steroid dienone is 2. The van der Waals surface area contributed by atoms with E-state index in [1.165, 1.54) is 34.2 Å². The summed E-state index contributed by atoms with van der Waals surface area (Å²) in [5.41, 5.74) is 4.53. The maximum atomic E-state index is 15.3. The molecule has 2 aromatic heterocycles. The number of anilines is 1. The summed E-state index contributed by atoms with van der Waals surface area (Å²) in [5, 5.41) is 11.9. The molecular weight excluding hydrogens is 755 g/mol. The Bertz CT molecular complexity index is 2910. The minimum Gasteiger partial charge on any atom is -0.508 e. The van der Waals surface area contributed by atoms with E-state index in [2.05, 4.69) is 10.4 Å². The number of nitrogens with zero attached hydrogens (tertiary/aromatic N) is 6. The number of phenols is 1. The number of carbonyl (C=O) groups excluding carboxylic acids is 2. The van der Waals surface area contributed by atoms with Crippen LogP contribution in [-0.4, -0.2) is 59.6 Å². The van der Waals surface area contributed by atoms with Gasteiger partial charge in [0.1, 0.15) is 11.4 Å². The molecule has 15 heteroatoms. The average Bonchev–Trinajstić information content (AvgIpc) is 3.62. The molecule has 4 aromatic carbocycles. The van der Waals surface area contributed by atoms with Crippen molar-refractivity contribution < 1.29 is 24.2 Å². The number of benzene rings is 4. The van der Waals surface area contributed by atoms with Crippen molar-refractivity contribution in [2.45, 2.75) is 50.2 Å². The van der Waals surface area contributed by atoms with E-state index in [1.807, 2.05) is 61.5 Å². The number of carbonyl (C=O) groups is 2. The number of aromatic nitrogens is 5. The van der Waals surface area contributed by atoms with Crippen molar-refractivity contribution in [3.63, 3.8) is 0 Å². The molecule has 1 saturated heterocycles. The maximum Gasteiger partial charge on any atom is 0.347 e. The van der Waals surface area contributed by atoms with Crippen LogP contribution < -0.4 is 31.8 Å². The fraction of sp³-hybridized carbons (Fsp3) is 0.273. The van der Waals surface area contributed by atoms with Gasteiger partial charge >= 0.3 is 11.4 Å². The van der Waals surface area contributed by atoms with Gasteiger partial charge in [-0.15, -0.1) is 0 Å². The average molecular weight is 796 g/mol. The van der Waals surface area contributed by atoms with Crippen molar-refractivity contribution in [2.24, 2.45) is 13.0 Å². The molecule has 4 heterocycles. The molecule has 15 nitrogen and oxygen atoms in total. The minimum atomic E-state index is -1.49. The molecule has 2 amide bonds. The van der Waals surface area contributed by atoms with Crippen LogP contribution in [0.5, 0.6) is 17.2 Å². The summed E-state index contributed by atoms with van der Waals surface area (Å²) in [6, 6.07) is 25.6. The van der Waals surface area contributed by atoms with Gasteiger partial charge in [0, 0.05) is 38.1 Å². The Morgan fingerprint density at radius 2 is 1.61 bits per heavy atom. The first kappa shape index (κ1) is 37.4. The van der Waals surface area contributed by atoms with Gasteiger partial charge in [0.05, 0.1) is 54.9 Å². The van der Waals surface area contributed by atoms with E-state index in [0.29, 0.717) is 44.9 Å². The van der Waals surface area contributed by atoms with E-state index in [-0.39, 0.29) is 37.4 Å². The molecule has 6 aromatic rings. The number of phenolic OH excluding ortho intramolecular Hbond substituents is 1. The number of nitrogens with one attached hydrogen (secondary N) is 1. The zero-order chi connectivity index (χ0) is 41.3. The number of imide groups is 1. The Balaban J connectivity index is 1.15. The zero-order valence-corrected chi connectivity index (χ0v) is 32.8. The SMILES string of the molecule is COc1cc2nc(CCn3c(=O)n4n(c3=O)C3CC5C(=O)N(Nc6ccc(C)cc6)C(=O)C5(c5ccccc5)C(c5cccc(O)c5)C3=CC4)c(=O)n(C)c2cc1OC.